The van der Waals surface area contributed by atoms with E-state index in [1.54, 1.807) is 13.0 Å². The maximum atomic E-state index is 13.9. The predicted octanol–water partition coefficient (Wildman–Crippen LogP) is 5.61. The maximum absolute atomic E-state index is 13.9. The minimum Gasteiger partial charge on any atom is -0.205 e. The van der Waals surface area contributed by atoms with Gasteiger partial charge in [-0.1, -0.05) is 37.3 Å². The topological polar surface area (TPSA) is 12.4 Å². The fraction of sp³-hybridized carbons (Fsp3) is 0.250. The quantitative estimate of drug-likeness (QED) is 0.404. The van der Waals surface area contributed by atoms with Gasteiger partial charge in [-0.05, 0) is 67.4 Å². The molecule has 116 valence electrons. The Morgan fingerprint density at radius 1 is 1.09 bits per heavy atom. The van der Waals surface area contributed by atoms with Crippen molar-refractivity contribution < 1.29 is 4.39 Å². The van der Waals surface area contributed by atoms with Crippen molar-refractivity contribution >= 4 is 23.1 Å². The lowest BCUT2D eigenvalue weighted by molar-refractivity contribution is 0.628. The molecule has 0 aromatic heterocycles. The standard InChI is InChI=1S/C20H18FNS/c1-3-4-5-16-6-8-17(9-7-16)10-11-18-12-15(2)20(22-14-23)19(21)13-18/h6-9,12-13H,3-5H2,1-2H3. The monoisotopic (exact) mass is 323 g/mol. The summed E-state index contributed by atoms with van der Waals surface area (Å²) in [5, 5.41) is 2.19. The molecular formula is C20H18FNS. The van der Waals surface area contributed by atoms with Gasteiger partial charge < -0.3 is 0 Å². The van der Waals surface area contributed by atoms with Crippen LogP contribution >= 0.6 is 12.2 Å². The second-order valence-electron chi connectivity index (χ2n) is 5.38. The number of rotatable bonds is 4. The molecule has 0 N–H and O–H groups in total. The van der Waals surface area contributed by atoms with Crippen molar-refractivity contribution in [2.75, 3.05) is 0 Å². The van der Waals surface area contributed by atoms with Crippen molar-refractivity contribution in [1.29, 1.82) is 0 Å². The molecule has 0 saturated carbocycles. The first-order chi connectivity index (χ1) is 11.1. The molecule has 0 aliphatic heterocycles. The number of halogens is 1. The van der Waals surface area contributed by atoms with Crippen LogP contribution in [0.4, 0.5) is 10.1 Å². The second-order valence-corrected chi connectivity index (χ2v) is 5.56. The Morgan fingerprint density at radius 3 is 2.39 bits per heavy atom. The molecule has 0 fully saturated rings. The SMILES string of the molecule is CCCCc1ccc(C#Cc2cc(C)c(N=C=S)c(F)c2)cc1. The van der Waals surface area contributed by atoms with Gasteiger partial charge in [0.2, 0.25) is 0 Å². The molecule has 0 saturated heterocycles. The van der Waals surface area contributed by atoms with Gasteiger partial charge in [-0.25, -0.2) is 4.39 Å². The summed E-state index contributed by atoms with van der Waals surface area (Å²) >= 11 is 4.53. The molecule has 2 aromatic carbocycles. The van der Waals surface area contributed by atoms with E-state index in [9.17, 15) is 4.39 Å². The summed E-state index contributed by atoms with van der Waals surface area (Å²) in [5.41, 5.74) is 3.79. The van der Waals surface area contributed by atoms with Crippen LogP contribution in [0.3, 0.4) is 0 Å². The van der Waals surface area contributed by atoms with Gasteiger partial charge in [-0.3, -0.25) is 0 Å². The molecule has 3 heteroatoms. The summed E-state index contributed by atoms with van der Waals surface area (Å²) in [6, 6.07) is 11.4. The van der Waals surface area contributed by atoms with Crippen LogP contribution < -0.4 is 0 Å². The maximum Gasteiger partial charge on any atom is 0.151 e. The zero-order valence-electron chi connectivity index (χ0n) is 13.3. The lowest BCUT2D eigenvalue weighted by Gasteiger charge is -2.01. The summed E-state index contributed by atoms with van der Waals surface area (Å²) in [6.07, 6.45) is 3.48. The highest BCUT2D eigenvalue weighted by atomic mass is 32.1. The highest BCUT2D eigenvalue weighted by Gasteiger charge is 2.05. The third-order valence-electron chi connectivity index (χ3n) is 3.54. The summed E-state index contributed by atoms with van der Waals surface area (Å²) in [6.45, 7) is 3.96. The van der Waals surface area contributed by atoms with Crippen molar-refractivity contribution in [1.82, 2.24) is 0 Å². The van der Waals surface area contributed by atoms with Crippen LogP contribution in [0.2, 0.25) is 0 Å². The van der Waals surface area contributed by atoms with Crippen LogP contribution in [0.1, 0.15) is 42.0 Å². The van der Waals surface area contributed by atoms with Crippen molar-refractivity contribution in [3.8, 4) is 11.8 Å². The zero-order chi connectivity index (χ0) is 16.7. The van der Waals surface area contributed by atoms with E-state index >= 15 is 0 Å². The summed E-state index contributed by atoms with van der Waals surface area (Å²) in [4.78, 5) is 3.74. The van der Waals surface area contributed by atoms with E-state index in [1.165, 1.54) is 24.5 Å². The van der Waals surface area contributed by atoms with E-state index in [2.05, 4.69) is 53.3 Å². The van der Waals surface area contributed by atoms with Gasteiger partial charge >= 0.3 is 0 Å². The third kappa shape index (κ3) is 4.86. The van der Waals surface area contributed by atoms with Crippen molar-refractivity contribution in [2.45, 2.75) is 33.1 Å². The summed E-state index contributed by atoms with van der Waals surface area (Å²) in [5.74, 6) is 5.63. The first kappa shape index (κ1) is 17.1. The average Bonchev–Trinajstić information content (AvgIpc) is 2.55. The molecule has 0 unspecified atom stereocenters. The number of nitrogens with zero attached hydrogens (tertiary/aromatic N) is 1. The molecule has 0 amide bonds. The van der Waals surface area contributed by atoms with Gasteiger partial charge in [0.15, 0.2) is 5.82 Å². The molecule has 0 bridgehead atoms. The molecule has 2 rings (SSSR count). The molecule has 0 atom stereocenters. The van der Waals surface area contributed by atoms with Crippen molar-refractivity contribution in [2.24, 2.45) is 4.99 Å². The van der Waals surface area contributed by atoms with Gasteiger partial charge in [0, 0.05) is 11.1 Å². The highest BCUT2D eigenvalue weighted by Crippen LogP contribution is 2.23. The molecular weight excluding hydrogens is 305 g/mol. The molecule has 0 aliphatic carbocycles. The number of thiocarbonyl (C=S) groups is 1. The number of benzene rings is 2. The van der Waals surface area contributed by atoms with Crippen LogP contribution in [0.15, 0.2) is 41.4 Å². The number of aryl methyl sites for hydroxylation is 2. The minimum absolute atomic E-state index is 0.228. The summed E-state index contributed by atoms with van der Waals surface area (Å²) < 4.78 is 13.9. The second kappa shape index (κ2) is 8.39. The van der Waals surface area contributed by atoms with Gasteiger partial charge in [-0.2, -0.15) is 4.99 Å². The molecule has 2 aromatic rings. The Balaban J connectivity index is 2.20. The highest BCUT2D eigenvalue weighted by molar-refractivity contribution is 7.78. The molecule has 23 heavy (non-hydrogen) atoms. The lowest BCUT2D eigenvalue weighted by atomic mass is 10.1. The Labute approximate surface area is 142 Å². The third-order valence-corrected chi connectivity index (χ3v) is 3.63. The minimum atomic E-state index is -0.429. The number of hydrogen-bond donors (Lipinski definition) is 0. The van der Waals surface area contributed by atoms with Gasteiger partial charge in [-0.15, -0.1) is 0 Å². The smallest absolute Gasteiger partial charge is 0.151 e. The Hall–Kier alpha value is -2.27. The lowest BCUT2D eigenvalue weighted by Crippen LogP contribution is -1.86. The fourth-order valence-corrected chi connectivity index (χ4v) is 2.37. The first-order valence-corrected chi connectivity index (χ1v) is 8.04. The van der Waals surface area contributed by atoms with Gasteiger partial charge in [0.25, 0.3) is 0 Å². The fourth-order valence-electron chi connectivity index (χ4n) is 2.28. The number of aliphatic imine (C=N–C) groups is 1. The van der Waals surface area contributed by atoms with Crippen LogP contribution in [0.25, 0.3) is 0 Å². The van der Waals surface area contributed by atoms with Gasteiger partial charge in [0.1, 0.15) is 5.69 Å². The Kier molecular flexibility index (Phi) is 6.23. The van der Waals surface area contributed by atoms with Crippen LogP contribution in [-0.2, 0) is 6.42 Å². The zero-order valence-corrected chi connectivity index (χ0v) is 14.1. The average molecular weight is 323 g/mol. The normalized spacial score (nSPS) is 9.70. The molecule has 0 aliphatic rings. The Morgan fingerprint density at radius 2 is 1.78 bits per heavy atom. The van der Waals surface area contributed by atoms with Crippen molar-refractivity contribution in [3.05, 3.63) is 64.5 Å². The van der Waals surface area contributed by atoms with E-state index in [0.717, 1.165) is 12.0 Å². The molecule has 0 radical (unpaired) electrons. The largest absolute Gasteiger partial charge is 0.205 e. The van der Waals surface area contributed by atoms with Crippen LogP contribution in [-0.4, -0.2) is 5.16 Å². The first-order valence-electron chi connectivity index (χ1n) is 7.63. The van der Waals surface area contributed by atoms with Crippen molar-refractivity contribution in [3.63, 3.8) is 0 Å². The van der Waals surface area contributed by atoms with Crippen LogP contribution in [0.5, 0.6) is 0 Å². The summed E-state index contributed by atoms with van der Waals surface area (Å²) in [7, 11) is 0. The van der Waals surface area contributed by atoms with E-state index in [1.807, 2.05) is 12.1 Å². The number of hydrogen-bond acceptors (Lipinski definition) is 2. The molecule has 1 nitrogen and oxygen atoms in total. The number of isothiocyanates is 1. The Bertz CT molecular complexity index is 768. The van der Waals surface area contributed by atoms with E-state index in [-0.39, 0.29) is 5.69 Å². The molecule has 0 spiro atoms. The van der Waals surface area contributed by atoms with Gasteiger partial charge in [0.05, 0.1) is 5.16 Å². The predicted molar refractivity (Wildman–Crippen MR) is 96.9 cm³/mol. The van der Waals surface area contributed by atoms with E-state index in [0.29, 0.717) is 11.1 Å². The number of unbranched alkanes of at least 4 members (excludes halogenated alkanes) is 1. The van der Waals surface area contributed by atoms with E-state index in [4.69, 9.17) is 0 Å². The van der Waals surface area contributed by atoms with Crippen LogP contribution in [0, 0.1) is 24.6 Å². The molecule has 0 heterocycles. The van der Waals surface area contributed by atoms with E-state index < -0.39 is 5.82 Å².